The van der Waals surface area contributed by atoms with Gasteiger partial charge in [0.2, 0.25) is 0 Å². The average Bonchev–Trinajstić information content (AvgIpc) is 2.73. The largest absolute Gasteiger partial charge is 0.508 e. The topological polar surface area (TPSA) is 91.9 Å². The standard InChI is InChI=1S/C22H28N4O2/c23-25-21(15-24-20-6-4-17(5-7-20)10-13-27)16-26-11-8-18(9-12-26)19-2-1-3-22(28)14-19/h1-7,14-15,18,23-24,27-28H,8-13,16H2/b21-15-,25-23?. The Bertz CT molecular complexity index is 796. The molecule has 2 aromatic rings. The summed E-state index contributed by atoms with van der Waals surface area (Å²) in [6.45, 7) is 2.69. The van der Waals surface area contributed by atoms with Gasteiger partial charge in [0.1, 0.15) is 5.75 Å². The third-order valence-electron chi connectivity index (χ3n) is 5.22. The molecule has 4 N–H and O–H groups in total. The van der Waals surface area contributed by atoms with Gasteiger partial charge in [0, 0.05) is 25.0 Å². The van der Waals surface area contributed by atoms with Crippen LogP contribution in [0.25, 0.3) is 0 Å². The quantitative estimate of drug-likeness (QED) is 0.519. The molecule has 1 saturated heterocycles. The summed E-state index contributed by atoms with van der Waals surface area (Å²) in [6.07, 6.45) is 4.51. The molecule has 6 heteroatoms. The molecule has 3 rings (SSSR count). The lowest BCUT2D eigenvalue weighted by Gasteiger charge is -2.32. The fourth-order valence-corrected chi connectivity index (χ4v) is 3.61. The number of phenols is 1. The molecule has 0 unspecified atom stereocenters. The van der Waals surface area contributed by atoms with E-state index >= 15 is 0 Å². The summed E-state index contributed by atoms with van der Waals surface area (Å²) >= 11 is 0. The van der Waals surface area contributed by atoms with Crippen LogP contribution in [0.4, 0.5) is 5.69 Å². The summed E-state index contributed by atoms with van der Waals surface area (Å²) < 4.78 is 0. The molecule has 0 saturated carbocycles. The van der Waals surface area contributed by atoms with E-state index < -0.39 is 0 Å². The van der Waals surface area contributed by atoms with Crippen LogP contribution in [0.1, 0.15) is 29.9 Å². The van der Waals surface area contributed by atoms with Crippen LogP contribution in [0, 0.1) is 5.53 Å². The lowest BCUT2D eigenvalue weighted by Crippen LogP contribution is -2.34. The Morgan fingerprint density at radius 2 is 1.93 bits per heavy atom. The van der Waals surface area contributed by atoms with Crippen molar-refractivity contribution in [1.29, 1.82) is 5.53 Å². The highest BCUT2D eigenvalue weighted by atomic mass is 16.3. The molecule has 0 amide bonds. The lowest BCUT2D eigenvalue weighted by molar-refractivity contribution is 0.227. The predicted molar refractivity (Wildman–Crippen MR) is 111 cm³/mol. The van der Waals surface area contributed by atoms with Crippen molar-refractivity contribution in [3.05, 3.63) is 71.6 Å². The van der Waals surface area contributed by atoms with Crippen molar-refractivity contribution in [3.63, 3.8) is 0 Å². The van der Waals surface area contributed by atoms with Crippen LogP contribution in [0.2, 0.25) is 0 Å². The van der Waals surface area contributed by atoms with E-state index in [1.807, 2.05) is 36.4 Å². The molecule has 0 aromatic heterocycles. The van der Waals surface area contributed by atoms with E-state index in [2.05, 4.69) is 21.4 Å². The van der Waals surface area contributed by atoms with Crippen molar-refractivity contribution in [2.45, 2.75) is 25.2 Å². The molecule has 0 radical (unpaired) electrons. The van der Waals surface area contributed by atoms with Crippen molar-refractivity contribution in [1.82, 2.24) is 4.90 Å². The predicted octanol–water partition coefficient (Wildman–Crippen LogP) is 4.09. The molecule has 0 aliphatic carbocycles. The normalized spacial score (nSPS) is 16.1. The second-order valence-corrected chi connectivity index (χ2v) is 7.21. The SMILES string of the molecule is N=N/C(=C\Nc1ccc(CCO)cc1)CN1CCC(c2cccc(O)c2)CC1. The zero-order valence-corrected chi connectivity index (χ0v) is 16.0. The Morgan fingerprint density at radius 1 is 1.18 bits per heavy atom. The van der Waals surface area contributed by atoms with Gasteiger partial charge in [0.25, 0.3) is 0 Å². The number of aromatic hydroxyl groups is 1. The summed E-state index contributed by atoms with van der Waals surface area (Å²) in [4.78, 5) is 2.31. The minimum absolute atomic E-state index is 0.149. The summed E-state index contributed by atoms with van der Waals surface area (Å²) in [5.74, 6) is 0.799. The Balaban J connectivity index is 1.51. The number of piperidine rings is 1. The number of rotatable bonds is 8. The number of likely N-dealkylation sites (tertiary alicyclic amines) is 1. The highest BCUT2D eigenvalue weighted by molar-refractivity contribution is 5.47. The van der Waals surface area contributed by atoms with E-state index in [1.54, 1.807) is 12.3 Å². The van der Waals surface area contributed by atoms with Gasteiger partial charge in [-0.25, -0.2) is 5.53 Å². The van der Waals surface area contributed by atoms with Crippen molar-refractivity contribution in [2.75, 3.05) is 31.6 Å². The number of nitrogens with zero attached hydrogens (tertiary/aromatic N) is 2. The van der Waals surface area contributed by atoms with Crippen LogP contribution < -0.4 is 5.32 Å². The minimum Gasteiger partial charge on any atom is -0.508 e. The summed E-state index contributed by atoms with van der Waals surface area (Å²) in [5, 5.41) is 25.5. The smallest absolute Gasteiger partial charge is 0.115 e. The molecule has 1 aliphatic heterocycles. The van der Waals surface area contributed by atoms with Crippen LogP contribution in [0.5, 0.6) is 5.75 Å². The molecule has 2 aromatic carbocycles. The molecule has 1 heterocycles. The number of aliphatic hydroxyl groups is 1. The number of anilines is 1. The van der Waals surface area contributed by atoms with Crippen LogP contribution in [0.3, 0.4) is 0 Å². The number of phenolic OH excluding ortho intramolecular Hbond substituents is 1. The fourth-order valence-electron chi connectivity index (χ4n) is 3.61. The highest BCUT2D eigenvalue weighted by Gasteiger charge is 2.21. The Labute approximate surface area is 166 Å². The van der Waals surface area contributed by atoms with E-state index in [-0.39, 0.29) is 6.61 Å². The van der Waals surface area contributed by atoms with Crippen LogP contribution in [0.15, 0.2) is 65.5 Å². The molecule has 0 spiro atoms. The first-order valence-electron chi connectivity index (χ1n) is 9.72. The fraction of sp³-hybridized carbons (Fsp3) is 0.364. The number of hydrogen-bond acceptors (Lipinski definition) is 6. The Morgan fingerprint density at radius 3 is 2.57 bits per heavy atom. The van der Waals surface area contributed by atoms with Gasteiger partial charge in [-0.2, -0.15) is 5.11 Å². The number of hydrogen-bond donors (Lipinski definition) is 4. The third kappa shape index (κ3) is 5.65. The molecule has 1 fully saturated rings. The maximum Gasteiger partial charge on any atom is 0.115 e. The second-order valence-electron chi connectivity index (χ2n) is 7.21. The lowest BCUT2D eigenvalue weighted by atomic mass is 9.89. The van der Waals surface area contributed by atoms with Gasteiger partial charge in [0.05, 0.1) is 5.70 Å². The van der Waals surface area contributed by atoms with E-state index in [9.17, 15) is 5.11 Å². The molecule has 148 valence electrons. The number of aliphatic hydroxyl groups excluding tert-OH is 1. The van der Waals surface area contributed by atoms with Crippen LogP contribution in [-0.4, -0.2) is 41.4 Å². The van der Waals surface area contributed by atoms with Crippen LogP contribution >= 0.6 is 0 Å². The monoisotopic (exact) mass is 380 g/mol. The molecule has 6 nitrogen and oxygen atoms in total. The zero-order valence-electron chi connectivity index (χ0n) is 16.0. The number of benzene rings is 2. The summed E-state index contributed by atoms with van der Waals surface area (Å²) in [6, 6.07) is 15.4. The molecule has 28 heavy (non-hydrogen) atoms. The minimum atomic E-state index is 0.149. The van der Waals surface area contributed by atoms with E-state index in [0.717, 1.165) is 37.2 Å². The van der Waals surface area contributed by atoms with Crippen LogP contribution in [-0.2, 0) is 6.42 Å². The van der Waals surface area contributed by atoms with E-state index in [0.29, 0.717) is 30.3 Å². The van der Waals surface area contributed by atoms with Gasteiger partial charge < -0.3 is 15.5 Å². The second kappa shape index (κ2) is 10.0. The van der Waals surface area contributed by atoms with E-state index in [4.69, 9.17) is 10.6 Å². The van der Waals surface area contributed by atoms with Gasteiger partial charge in [-0.3, -0.25) is 4.90 Å². The number of nitrogens with one attached hydrogen (secondary N) is 2. The van der Waals surface area contributed by atoms with Gasteiger partial charge in [0.15, 0.2) is 0 Å². The first-order valence-corrected chi connectivity index (χ1v) is 9.72. The average molecular weight is 380 g/mol. The van der Waals surface area contributed by atoms with Crippen molar-refractivity contribution >= 4 is 5.69 Å². The maximum absolute atomic E-state index is 9.67. The summed E-state index contributed by atoms with van der Waals surface area (Å²) in [7, 11) is 0. The Kier molecular flexibility index (Phi) is 7.17. The first-order chi connectivity index (χ1) is 13.7. The molecular formula is C22H28N4O2. The summed E-state index contributed by atoms with van der Waals surface area (Å²) in [5.41, 5.74) is 11.4. The van der Waals surface area contributed by atoms with Gasteiger partial charge in [-0.1, -0.05) is 24.3 Å². The Hall–Kier alpha value is -2.70. The van der Waals surface area contributed by atoms with Crippen molar-refractivity contribution in [2.24, 2.45) is 5.11 Å². The van der Waals surface area contributed by atoms with Gasteiger partial charge in [-0.15, -0.1) is 0 Å². The molecular weight excluding hydrogens is 352 g/mol. The maximum atomic E-state index is 9.67. The third-order valence-corrected chi connectivity index (χ3v) is 5.22. The van der Waals surface area contributed by atoms with Crippen molar-refractivity contribution in [3.8, 4) is 5.75 Å². The molecule has 0 atom stereocenters. The molecule has 1 aliphatic rings. The van der Waals surface area contributed by atoms with Gasteiger partial charge >= 0.3 is 0 Å². The first kappa shape index (κ1) is 20.0. The van der Waals surface area contributed by atoms with Gasteiger partial charge in [-0.05, 0) is 73.7 Å². The molecule has 0 bridgehead atoms. The van der Waals surface area contributed by atoms with E-state index in [1.165, 1.54) is 5.56 Å². The highest BCUT2D eigenvalue weighted by Crippen LogP contribution is 2.30. The zero-order chi connectivity index (χ0) is 19.8. The van der Waals surface area contributed by atoms with Crippen molar-refractivity contribution < 1.29 is 10.2 Å².